The monoisotopic (exact) mass is 422 g/mol. The maximum atomic E-state index is 12.5. The molecule has 1 amide bonds. The molecule has 7 nitrogen and oxygen atoms in total. The fourth-order valence-electron chi connectivity index (χ4n) is 2.98. The zero-order chi connectivity index (χ0) is 20.3. The lowest BCUT2D eigenvalue weighted by molar-refractivity contribution is 0.0951. The van der Waals surface area contributed by atoms with E-state index in [0.717, 1.165) is 28.8 Å². The summed E-state index contributed by atoms with van der Waals surface area (Å²) in [5.41, 5.74) is 0.968. The molecule has 1 aliphatic rings. The molecule has 1 N–H and O–H groups in total. The number of halogens is 1. The number of hydrogen-bond donors (Lipinski definition) is 1. The van der Waals surface area contributed by atoms with Crippen molar-refractivity contribution < 1.29 is 13.2 Å². The lowest BCUT2D eigenvalue weighted by Crippen LogP contribution is -2.25. The van der Waals surface area contributed by atoms with E-state index in [9.17, 15) is 13.2 Å². The van der Waals surface area contributed by atoms with Crippen LogP contribution in [0.4, 0.5) is 5.82 Å². The molecule has 28 heavy (non-hydrogen) atoms. The molecule has 0 unspecified atom stereocenters. The molecule has 0 radical (unpaired) electrons. The summed E-state index contributed by atoms with van der Waals surface area (Å²) in [5.74, 6) is 0.502. The number of nitrogens with one attached hydrogen (secondary N) is 1. The number of aromatic nitrogens is 1. The molecule has 0 aliphatic carbocycles. The van der Waals surface area contributed by atoms with Gasteiger partial charge in [0.15, 0.2) is 0 Å². The number of hydrogen-bond acceptors (Lipinski definition) is 5. The summed E-state index contributed by atoms with van der Waals surface area (Å²) < 4.78 is 25.6. The Morgan fingerprint density at radius 1 is 1.21 bits per heavy atom. The first-order chi connectivity index (χ1) is 13.3. The second-order valence-electron chi connectivity index (χ2n) is 6.83. The van der Waals surface area contributed by atoms with Crippen molar-refractivity contribution in [2.45, 2.75) is 24.3 Å². The van der Waals surface area contributed by atoms with Gasteiger partial charge in [0.1, 0.15) is 5.82 Å². The molecule has 1 aromatic carbocycles. The van der Waals surface area contributed by atoms with Crippen LogP contribution >= 0.6 is 11.6 Å². The third-order valence-corrected chi connectivity index (χ3v) is 6.79. The first-order valence-electron chi connectivity index (χ1n) is 8.99. The van der Waals surface area contributed by atoms with Gasteiger partial charge in [0.2, 0.25) is 10.0 Å². The fraction of sp³-hybridized carbons (Fsp3) is 0.368. The Morgan fingerprint density at radius 2 is 1.93 bits per heavy atom. The molecular weight excluding hydrogens is 400 g/mol. The average molecular weight is 423 g/mol. The van der Waals surface area contributed by atoms with Crippen LogP contribution in [0.5, 0.6) is 0 Å². The third kappa shape index (κ3) is 4.45. The van der Waals surface area contributed by atoms with E-state index in [1.807, 2.05) is 12.1 Å². The third-order valence-electron chi connectivity index (χ3n) is 4.65. The lowest BCUT2D eigenvalue weighted by atomic mass is 10.2. The summed E-state index contributed by atoms with van der Waals surface area (Å²) in [6, 6.07) is 7.97. The summed E-state index contributed by atoms with van der Waals surface area (Å²) in [5, 5.41) is 2.96. The molecular formula is C19H23ClN4O3S. The Balaban J connectivity index is 1.69. The van der Waals surface area contributed by atoms with Crippen molar-refractivity contribution in [2.75, 3.05) is 32.1 Å². The van der Waals surface area contributed by atoms with Gasteiger partial charge >= 0.3 is 0 Å². The molecule has 0 atom stereocenters. The lowest BCUT2D eigenvalue weighted by Gasteiger charge is -2.16. The molecule has 1 fully saturated rings. The smallest absolute Gasteiger partial charge is 0.253 e. The van der Waals surface area contributed by atoms with Crippen molar-refractivity contribution in [1.29, 1.82) is 0 Å². The summed E-state index contributed by atoms with van der Waals surface area (Å²) in [4.78, 5) is 19.2. The van der Waals surface area contributed by atoms with E-state index >= 15 is 0 Å². The average Bonchev–Trinajstić information content (AvgIpc) is 3.21. The number of nitrogens with zero attached hydrogens (tertiary/aromatic N) is 3. The van der Waals surface area contributed by atoms with Gasteiger partial charge in [-0.2, -0.15) is 0 Å². The van der Waals surface area contributed by atoms with Gasteiger partial charge < -0.3 is 10.2 Å². The zero-order valence-corrected chi connectivity index (χ0v) is 17.4. The summed E-state index contributed by atoms with van der Waals surface area (Å²) in [6.07, 6.45) is 4.11. The van der Waals surface area contributed by atoms with E-state index in [1.165, 1.54) is 45.1 Å². The van der Waals surface area contributed by atoms with Gasteiger partial charge in [-0.25, -0.2) is 17.7 Å². The molecule has 1 aliphatic heterocycles. The van der Waals surface area contributed by atoms with Gasteiger partial charge in [-0.05, 0) is 42.7 Å². The van der Waals surface area contributed by atoms with E-state index in [2.05, 4.69) is 15.2 Å². The van der Waals surface area contributed by atoms with Crippen LogP contribution in [-0.2, 0) is 16.6 Å². The van der Waals surface area contributed by atoms with E-state index in [1.54, 1.807) is 6.20 Å². The molecule has 1 saturated heterocycles. The highest BCUT2D eigenvalue weighted by atomic mass is 35.5. The van der Waals surface area contributed by atoms with E-state index < -0.39 is 15.9 Å². The number of carbonyl (C=O) groups is 1. The predicted octanol–water partition coefficient (Wildman–Crippen LogP) is 2.52. The molecule has 3 rings (SSSR count). The number of anilines is 1. The second-order valence-corrected chi connectivity index (χ2v) is 9.39. The molecule has 2 heterocycles. The summed E-state index contributed by atoms with van der Waals surface area (Å²) in [7, 11) is -0.784. The second kappa shape index (κ2) is 8.46. The standard InChI is InChI=1S/C19H23ClN4O3S/c1-23(2)28(26,27)15-6-7-17(20)16(11-15)19(25)22-13-14-5-8-18(21-12-14)24-9-3-4-10-24/h5-8,11-12H,3-4,9-10,13H2,1-2H3,(H,22,25). The van der Waals surface area contributed by atoms with Gasteiger partial charge in [-0.3, -0.25) is 4.79 Å². The fourth-order valence-corrected chi connectivity index (χ4v) is 4.11. The van der Waals surface area contributed by atoms with E-state index in [0.29, 0.717) is 0 Å². The van der Waals surface area contributed by atoms with Crippen LogP contribution in [0.1, 0.15) is 28.8 Å². The highest BCUT2D eigenvalue weighted by Crippen LogP contribution is 2.22. The van der Waals surface area contributed by atoms with E-state index in [4.69, 9.17) is 11.6 Å². The normalized spacial score (nSPS) is 14.5. The van der Waals surface area contributed by atoms with Crippen LogP contribution in [0.25, 0.3) is 0 Å². The maximum Gasteiger partial charge on any atom is 0.253 e. The number of rotatable bonds is 6. The molecule has 150 valence electrons. The van der Waals surface area contributed by atoms with Gasteiger partial charge in [0.05, 0.1) is 15.5 Å². The quantitative estimate of drug-likeness (QED) is 0.773. The number of amides is 1. The topological polar surface area (TPSA) is 82.6 Å². The number of sulfonamides is 1. The van der Waals surface area contributed by atoms with Gasteiger partial charge in [0, 0.05) is 39.9 Å². The SMILES string of the molecule is CN(C)S(=O)(=O)c1ccc(Cl)c(C(=O)NCc2ccc(N3CCCC3)nc2)c1. The van der Waals surface area contributed by atoms with Crippen LogP contribution in [0.15, 0.2) is 41.4 Å². The number of benzene rings is 1. The van der Waals surface area contributed by atoms with Crippen molar-refractivity contribution in [3.05, 3.63) is 52.7 Å². The van der Waals surface area contributed by atoms with Crippen molar-refractivity contribution in [3.63, 3.8) is 0 Å². The molecule has 2 aromatic rings. The number of carbonyl (C=O) groups excluding carboxylic acids is 1. The molecule has 9 heteroatoms. The molecule has 1 aromatic heterocycles. The maximum absolute atomic E-state index is 12.5. The van der Waals surface area contributed by atoms with Crippen molar-refractivity contribution in [1.82, 2.24) is 14.6 Å². The Kier molecular flexibility index (Phi) is 6.22. The van der Waals surface area contributed by atoms with Crippen LogP contribution in [0.3, 0.4) is 0 Å². The first-order valence-corrected chi connectivity index (χ1v) is 10.8. The van der Waals surface area contributed by atoms with Gasteiger partial charge in [-0.15, -0.1) is 0 Å². The Labute approximate surface area is 170 Å². The van der Waals surface area contributed by atoms with Crippen LogP contribution in [0.2, 0.25) is 5.02 Å². The molecule has 0 spiro atoms. The minimum Gasteiger partial charge on any atom is -0.357 e. The number of pyridine rings is 1. The summed E-state index contributed by atoms with van der Waals surface area (Å²) >= 11 is 6.11. The van der Waals surface area contributed by atoms with Crippen molar-refractivity contribution in [3.8, 4) is 0 Å². The molecule has 0 saturated carbocycles. The predicted molar refractivity (Wildman–Crippen MR) is 109 cm³/mol. The summed E-state index contributed by atoms with van der Waals surface area (Å²) in [6.45, 7) is 2.31. The minimum absolute atomic E-state index is 0.0173. The highest BCUT2D eigenvalue weighted by molar-refractivity contribution is 7.89. The van der Waals surface area contributed by atoms with Crippen molar-refractivity contribution in [2.24, 2.45) is 0 Å². The zero-order valence-electron chi connectivity index (χ0n) is 15.9. The molecule has 0 bridgehead atoms. The van der Waals surface area contributed by atoms with Crippen LogP contribution in [-0.4, -0.2) is 50.8 Å². The van der Waals surface area contributed by atoms with Gasteiger partial charge in [0.25, 0.3) is 5.91 Å². The Bertz CT molecular complexity index is 956. The minimum atomic E-state index is -3.65. The van der Waals surface area contributed by atoms with Gasteiger partial charge in [-0.1, -0.05) is 17.7 Å². The van der Waals surface area contributed by atoms with E-state index in [-0.39, 0.29) is 22.0 Å². The van der Waals surface area contributed by atoms with Crippen LogP contribution in [0, 0.1) is 0 Å². The Hall–Kier alpha value is -2.16. The Morgan fingerprint density at radius 3 is 2.54 bits per heavy atom. The van der Waals surface area contributed by atoms with Crippen LogP contribution < -0.4 is 10.2 Å². The first kappa shape index (κ1) is 20.6. The highest BCUT2D eigenvalue weighted by Gasteiger charge is 2.21. The largest absolute Gasteiger partial charge is 0.357 e. The van der Waals surface area contributed by atoms with Crippen molar-refractivity contribution >= 4 is 33.3 Å².